The number of benzene rings is 1. The number of esters is 1. The average Bonchev–Trinajstić information content (AvgIpc) is 2.42. The van der Waals surface area contributed by atoms with Gasteiger partial charge >= 0.3 is 5.97 Å². The molecule has 0 saturated heterocycles. The van der Waals surface area contributed by atoms with E-state index < -0.39 is 5.97 Å². The lowest BCUT2D eigenvalue weighted by Gasteiger charge is -2.34. The molecule has 2 rings (SSSR count). The zero-order valence-corrected chi connectivity index (χ0v) is 11.1. The lowest BCUT2D eigenvalue weighted by molar-refractivity contribution is 0.0600. The highest BCUT2D eigenvalue weighted by Crippen LogP contribution is 2.39. The van der Waals surface area contributed by atoms with Gasteiger partial charge in [0.1, 0.15) is 0 Å². The summed E-state index contributed by atoms with van der Waals surface area (Å²) in [5.74, 6) is -0.268. The number of methoxy groups -OCH3 is 1. The molecule has 0 aromatic heterocycles. The smallest absolute Gasteiger partial charge is 0.337 e. The number of carbonyl (C=O) groups is 2. The van der Waals surface area contributed by atoms with E-state index in [1.807, 2.05) is 6.07 Å². The topological polar surface area (TPSA) is 43.4 Å². The molecular formula is C15H18O3. The van der Waals surface area contributed by atoms with Gasteiger partial charge in [-0.25, -0.2) is 4.79 Å². The highest BCUT2D eigenvalue weighted by atomic mass is 16.5. The number of carbonyl (C=O) groups excluding carboxylic acids is 2. The minimum atomic E-state index is -0.394. The molecule has 1 atom stereocenters. The summed E-state index contributed by atoms with van der Waals surface area (Å²) < 4.78 is 4.69. The summed E-state index contributed by atoms with van der Waals surface area (Å²) in [6.45, 7) is 4.31. The Morgan fingerprint density at radius 2 is 2.17 bits per heavy atom. The van der Waals surface area contributed by atoms with Gasteiger partial charge in [0.15, 0.2) is 5.78 Å². The fraction of sp³-hybridized carbons (Fsp3) is 0.467. The van der Waals surface area contributed by atoms with Gasteiger partial charge in [0.2, 0.25) is 0 Å². The molecule has 0 heterocycles. The largest absolute Gasteiger partial charge is 0.465 e. The van der Waals surface area contributed by atoms with Crippen LogP contribution in [0.5, 0.6) is 0 Å². The number of Topliss-reactive ketones (excluding diaryl/α,β-unsaturated/α-hetero) is 1. The Morgan fingerprint density at radius 1 is 1.44 bits per heavy atom. The molecule has 0 N–H and O–H groups in total. The molecule has 0 saturated carbocycles. The zero-order valence-electron chi connectivity index (χ0n) is 11.1. The maximum atomic E-state index is 12.0. The van der Waals surface area contributed by atoms with Crippen molar-refractivity contribution >= 4 is 11.8 Å². The Kier molecular flexibility index (Phi) is 3.24. The summed E-state index contributed by atoms with van der Waals surface area (Å²) in [5, 5.41) is 0. The number of ketones is 1. The van der Waals surface area contributed by atoms with Crippen molar-refractivity contribution in [2.75, 3.05) is 7.11 Å². The maximum absolute atomic E-state index is 12.0. The van der Waals surface area contributed by atoms with Gasteiger partial charge in [-0.05, 0) is 36.0 Å². The van der Waals surface area contributed by atoms with Crippen molar-refractivity contribution in [2.45, 2.75) is 38.5 Å². The van der Waals surface area contributed by atoms with Gasteiger partial charge in [-0.1, -0.05) is 19.9 Å². The normalized spacial score (nSPS) is 22.5. The van der Waals surface area contributed by atoms with Crippen molar-refractivity contribution in [3.63, 3.8) is 0 Å². The third-order valence-electron chi connectivity index (χ3n) is 4.08. The Hall–Kier alpha value is -1.64. The van der Waals surface area contributed by atoms with Crippen molar-refractivity contribution in [2.24, 2.45) is 0 Å². The van der Waals surface area contributed by atoms with Gasteiger partial charge in [0.05, 0.1) is 12.7 Å². The van der Waals surface area contributed by atoms with Crippen LogP contribution in [-0.4, -0.2) is 18.9 Å². The van der Waals surface area contributed by atoms with Gasteiger partial charge in [0.25, 0.3) is 0 Å². The molecule has 1 aliphatic carbocycles. The second kappa shape index (κ2) is 4.56. The summed E-state index contributed by atoms with van der Waals surface area (Å²) in [7, 11) is 1.35. The van der Waals surface area contributed by atoms with Gasteiger partial charge in [0, 0.05) is 12.0 Å². The van der Waals surface area contributed by atoms with E-state index in [1.54, 1.807) is 12.1 Å². The molecule has 0 spiro atoms. The first-order valence-electron chi connectivity index (χ1n) is 6.28. The van der Waals surface area contributed by atoms with Crippen LogP contribution in [0.15, 0.2) is 18.2 Å². The summed E-state index contributed by atoms with van der Waals surface area (Å²) in [6, 6.07) is 5.33. The summed E-state index contributed by atoms with van der Waals surface area (Å²) >= 11 is 0. The molecule has 18 heavy (non-hydrogen) atoms. The van der Waals surface area contributed by atoms with Crippen LogP contribution in [0.3, 0.4) is 0 Å². The second-order valence-electron chi connectivity index (χ2n) is 5.09. The molecule has 3 heteroatoms. The van der Waals surface area contributed by atoms with Crippen molar-refractivity contribution in [1.82, 2.24) is 0 Å². The molecule has 0 amide bonds. The highest BCUT2D eigenvalue weighted by Gasteiger charge is 2.34. The standard InChI is InChI=1S/C15H18O3/c1-4-15(2)8-7-13(16)11-9-10(14(17)18-3)5-6-12(11)15/h5-6,9H,4,7-8H2,1-3H3/t15-/m1/s1. The Balaban J connectivity index is 2.54. The van der Waals surface area contributed by atoms with Gasteiger partial charge in [-0.15, -0.1) is 0 Å². The molecule has 96 valence electrons. The number of hydrogen-bond donors (Lipinski definition) is 0. The molecular weight excluding hydrogens is 228 g/mol. The van der Waals surface area contributed by atoms with E-state index in [0.29, 0.717) is 17.5 Å². The highest BCUT2D eigenvalue weighted by molar-refractivity contribution is 6.01. The molecule has 1 aromatic carbocycles. The first-order chi connectivity index (χ1) is 8.51. The van der Waals surface area contributed by atoms with E-state index in [1.165, 1.54) is 7.11 Å². The SMILES string of the molecule is CC[C@]1(C)CCC(=O)c2cc(C(=O)OC)ccc21. The quantitative estimate of drug-likeness (QED) is 0.753. The monoisotopic (exact) mass is 246 g/mol. The first-order valence-corrected chi connectivity index (χ1v) is 6.28. The molecule has 0 fully saturated rings. The Morgan fingerprint density at radius 3 is 2.78 bits per heavy atom. The van der Waals surface area contributed by atoms with Crippen LogP contribution >= 0.6 is 0 Å². The van der Waals surface area contributed by atoms with Crippen LogP contribution in [0.2, 0.25) is 0 Å². The number of hydrogen-bond acceptors (Lipinski definition) is 3. The molecule has 1 aliphatic rings. The number of ether oxygens (including phenoxy) is 1. The number of rotatable bonds is 2. The molecule has 0 aliphatic heterocycles. The van der Waals surface area contributed by atoms with Crippen molar-refractivity contribution < 1.29 is 14.3 Å². The fourth-order valence-electron chi connectivity index (χ4n) is 2.57. The van der Waals surface area contributed by atoms with Crippen molar-refractivity contribution in [3.05, 3.63) is 34.9 Å². The zero-order chi connectivity index (χ0) is 13.3. The van der Waals surface area contributed by atoms with Crippen LogP contribution < -0.4 is 0 Å². The predicted molar refractivity (Wildman–Crippen MR) is 69.0 cm³/mol. The minimum Gasteiger partial charge on any atom is -0.465 e. The molecule has 1 aromatic rings. The van der Waals surface area contributed by atoms with Crippen LogP contribution in [0, 0.1) is 0 Å². The van der Waals surface area contributed by atoms with E-state index in [0.717, 1.165) is 18.4 Å². The van der Waals surface area contributed by atoms with E-state index in [9.17, 15) is 9.59 Å². The summed E-state index contributed by atoms with van der Waals surface area (Å²) in [5.41, 5.74) is 2.24. The first kappa shape index (κ1) is 12.8. The molecule has 3 nitrogen and oxygen atoms in total. The fourth-order valence-corrected chi connectivity index (χ4v) is 2.57. The maximum Gasteiger partial charge on any atom is 0.337 e. The third-order valence-corrected chi connectivity index (χ3v) is 4.08. The molecule has 0 bridgehead atoms. The van der Waals surface area contributed by atoms with Gasteiger partial charge < -0.3 is 4.74 Å². The summed E-state index contributed by atoms with van der Waals surface area (Å²) in [6.07, 6.45) is 2.43. The van der Waals surface area contributed by atoms with Crippen LogP contribution in [0.1, 0.15) is 59.4 Å². The minimum absolute atomic E-state index is 0.0396. The Labute approximate surface area is 107 Å². The van der Waals surface area contributed by atoms with Gasteiger partial charge in [-0.2, -0.15) is 0 Å². The van der Waals surface area contributed by atoms with Crippen molar-refractivity contribution in [1.29, 1.82) is 0 Å². The van der Waals surface area contributed by atoms with Gasteiger partial charge in [-0.3, -0.25) is 4.79 Å². The predicted octanol–water partition coefficient (Wildman–Crippen LogP) is 3.12. The van der Waals surface area contributed by atoms with Crippen LogP contribution in [0.4, 0.5) is 0 Å². The van der Waals surface area contributed by atoms with E-state index in [-0.39, 0.29) is 11.2 Å². The number of fused-ring (bicyclic) bond motifs is 1. The van der Waals surface area contributed by atoms with E-state index in [2.05, 4.69) is 13.8 Å². The van der Waals surface area contributed by atoms with E-state index in [4.69, 9.17) is 4.74 Å². The second-order valence-corrected chi connectivity index (χ2v) is 5.09. The molecule has 0 unspecified atom stereocenters. The lowest BCUT2D eigenvalue weighted by atomic mass is 9.69. The summed E-state index contributed by atoms with van der Waals surface area (Å²) in [4.78, 5) is 23.5. The van der Waals surface area contributed by atoms with E-state index >= 15 is 0 Å². The third kappa shape index (κ3) is 1.94. The molecule has 0 radical (unpaired) electrons. The van der Waals surface area contributed by atoms with Crippen LogP contribution in [0.25, 0.3) is 0 Å². The van der Waals surface area contributed by atoms with Crippen molar-refractivity contribution in [3.8, 4) is 0 Å². The Bertz CT molecular complexity index is 504. The lowest BCUT2D eigenvalue weighted by Crippen LogP contribution is -2.30. The average molecular weight is 246 g/mol. The van der Waals surface area contributed by atoms with Crippen LogP contribution in [-0.2, 0) is 10.2 Å².